The number of halogens is 2. The summed E-state index contributed by atoms with van der Waals surface area (Å²) in [4.78, 5) is 16.6. The number of rotatable bonds is 6. The Balaban J connectivity index is 1.45. The van der Waals surface area contributed by atoms with Crippen molar-refractivity contribution < 1.29 is 9.18 Å². The Morgan fingerprint density at radius 1 is 1.19 bits per heavy atom. The molecule has 1 aliphatic carbocycles. The van der Waals surface area contributed by atoms with Crippen LogP contribution in [0.4, 0.5) is 4.39 Å². The Labute approximate surface area is 192 Å². The Morgan fingerprint density at radius 2 is 1.94 bits per heavy atom. The number of hydrogen-bond acceptors (Lipinski definition) is 3. The van der Waals surface area contributed by atoms with Crippen molar-refractivity contribution in [2.45, 2.75) is 38.9 Å². The minimum absolute atomic E-state index is 0.173. The van der Waals surface area contributed by atoms with E-state index in [4.69, 9.17) is 16.7 Å². The average molecular weight is 453 g/mol. The molecule has 166 valence electrons. The number of hydrogen-bond donors (Lipinski definition) is 0. The van der Waals surface area contributed by atoms with Gasteiger partial charge in [-0.3, -0.25) is 9.69 Å². The first kappa shape index (κ1) is 21.2. The van der Waals surface area contributed by atoms with Gasteiger partial charge in [0.2, 0.25) is 5.91 Å². The van der Waals surface area contributed by atoms with Gasteiger partial charge in [-0.2, -0.15) is 5.10 Å². The highest BCUT2D eigenvalue weighted by atomic mass is 35.5. The lowest BCUT2D eigenvalue weighted by Crippen LogP contribution is -2.32. The van der Waals surface area contributed by atoms with Gasteiger partial charge in [0.15, 0.2) is 0 Å². The zero-order valence-electron chi connectivity index (χ0n) is 18.1. The van der Waals surface area contributed by atoms with E-state index in [0.717, 1.165) is 48.4 Å². The molecule has 0 spiro atoms. The van der Waals surface area contributed by atoms with Crippen LogP contribution < -0.4 is 0 Å². The predicted octanol–water partition coefficient (Wildman–Crippen LogP) is 4.59. The number of nitrogens with zero attached hydrogens (tertiary/aromatic N) is 4. The summed E-state index contributed by atoms with van der Waals surface area (Å²) in [6.45, 7) is 2.52. The smallest absolute Gasteiger partial charge is 0.225 e. The number of benzene rings is 2. The van der Waals surface area contributed by atoms with Crippen LogP contribution >= 0.6 is 11.6 Å². The van der Waals surface area contributed by atoms with Crippen molar-refractivity contribution >= 4 is 17.5 Å². The summed E-state index contributed by atoms with van der Waals surface area (Å²) in [6, 6.07) is 14.6. The zero-order valence-corrected chi connectivity index (χ0v) is 18.9. The lowest BCUT2D eigenvalue weighted by molar-refractivity contribution is -0.131. The molecular formula is C25H26ClFN4O. The molecule has 5 nitrogen and oxygen atoms in total. The third kappa shape index (κ3) is 4.30. The topological polar surface area (TPSA) is 41.4 Å². The summed E-state index contributed by atoms with van der Waals surface area (Å²) in [5.41, 5.74) is 4.85. The van der Waals surface area contributed by atoms with E-state index in [-0.39, 0.29) is 17.6 Å². The molecule has 1 saturated carbocycles. The van der Waals surface area contributed by atoms with Gasteiger partial charge in [0.1, 0.15) is 5.82 Å². The maximum absolute atomic E-state index is 14.2. The molecule has 2 heterocycles. The fraction of sp³-hybridized carbons (Fsp3) is 0.360. The van der Waals surface area contributed by atoms with Crippen molar-refractivity contribution in [2.24, 2.45) is 5.92 Å². The second-order valence-corrected chi connectivity index (χ2v) is 9.22. The van der Waals surface area contributed by atoms with Gasteiger partial charge in [-0.25, -0.2) is 9.07 Å². The molecule has 5 rings (SSSR count). The van der Waals surface area contributed by atoms with Crippen LogP contribution in [0.15, 0.2) is 48.5 Å². The largest absolute Gasteiger partial charge is 0.340 e. The van der Waals surface area contributed by atoms with Crippen molar-refractivity contribution in [1.29, 1.82) is 0 Å². The van der Waals surface area contributed by atoms with E-state index in [2.05, 4.69) is 4.90 Å². The summed E-state index contributed by atoms with van der Waals surface area (Å²) in [5, 5.41) is 5.61. The Kier molecular flexibility index (Phi) is 5.74. The lowest BCUT2D eigenvalue weighted by atomic mass is 10.0. The van der Waals surface area contributed by atoms with Crippen molar-refractivity contribution in [3.63, 3.8) is 0 Å². The van der Waals surface area contributed by atoms with Crippen LogP contribution in [0.25, 0.3) is 5.69 Å². The summed E-state index contributed by atoms with van der Waals surface area (Å²) >= 11 is 6.08. The number of carbonyl (C=O) groups is 1. The molecule has 3 aromatic rings. The van der Waals surface area contributed by atoms with Gasteiger partial charge in [0.25, 0.3) is 0 Å². The molecule has 32 heavy (non-hydrogen) atoms. The average Bonchev–Trinajstić information content (AvgIpc) is 3.58. The minimum Gasteiger partial charge on any atom is -0.340 e. The Morgan fingerprint density at radius 3 is 2.66 bits per heavy atom. The van der Waals surface area contributed by atoms with Crippen molar-refractivity contribution in [3.05, 3.63) is 81.9 Å². The summed E-state index contributed by atoms with van der Waals surface area (Å²) in [5.74, 6) is 0.190. The van der Waals surface area contributed by atoms with E-state index in [1.807, 2.05) is 48.1 Å². The Bertz CT molecular complexity index is 1140. The molecule has 1 aromatic heterocycles. The predicted molar refractivity (Wildman–Crippen MR) is 122 cm³/mol. The monoisotopic (exact) mass is 452 g/mol. The van der Waals surface area contributed by atoms with E-state index in [1.165, 1.54) is 6.07 Å². The van der Waals surface area contributed by atoms with Crippen LogP contribution in [0.3, 0.4) is 0 Å². The van der Waals surface area contributed by atoms with Gasteiger partial charge in [-0.15, -0.1) is 0 Å². The second kappa shape index (κ2) is 8.68. The highest BCUT2D eigenvalue weighted by Crippen LogP contribution is 2.32. The molecule has 2 aliphatic rings. The van der Waals surface area contributed by atoms with Gasteiger partial charge >= 0.3 is 0 Å². The SMILES string of the molecule is CN(Cc1nn(-c2ccc(Cl)cc2)c2c1CN(Cc1ccccc1F)CC2)C(=O)C1CC1. The van der Waals surface area contributed by atoms with Crippen LogP contribution in [0.2, 0.25) is 5.02 Å². The molecule has 0 N–H and O–H groups in total. The number of amides is 1. The first-order valence-electron chi connectivity index (χ1n) is 11.1. The van der Waals surface area contributed by atoms with E-state index in [0.29, 0.717) is 30.2 Å². The van der Waals surface area contributed by atoms with Crippen LogP contribution in [-0.4, -0.2) is 39.1 Å². The third-order valence-corrected chi connectivity index (χ3v) is 6.58. The van der Waals surface area contributed by atoms with E-state index in [1.54, 1.807) is 11.0 Å². The van der Waals surface area contributed by atoms with Gasteiger partial charge in [-0.05, 0) is 43.2 Å². The van der Waals surface area contributed by atoms with Gasteiger partial charge in [0.05, 0.1) is 23.6 Å². The molecule has 2 aromatic carbocycles. The quantitative estimate of drug-likeness (QED) is 0.549. The van der Waals surface area contributed by atoms with Crippen molar-refractivity contribution in [1.82, 2.24) is 19.6 Å². The summed E-state index contributed by atoms with van der Waals surface area (Å²) in [6.07, 6.45) is 2.77. The number of aromatic nitrogens is 2. The molecule has 0 atom stereocenters. The van der Waals surface area contributed by atoms with Crippen molar-refractivity contribution in [2.75, 3.05) is 13.6 Å². The molecule has 0 unspecified atom stereocenters. The molecule has 1 fully saturated rings. The van der Waals surface area contributed by atoms with Crippen LogP contribution in [-0.2, 0) is 30.8 Å². The molecular weight excluding hydrogens is 427 g/mol. The van der Waals surface area contributed by atoms with Crippen LogP contribution in [0.5, 0.6) is 0 Å². The molecule has 0 radical (unpaired) electrons. The molecule has 0 bridgehead atoms. The fourth-order valence-electron chi connectivity index (χ4n) is 4.41. The maximum atomic E-state index is 14.2. The van der Waals surface area contributed by atoms with Gasteiger partial charge < -0.3 is 4.90 Å². The minimum atomic E-state index is -0.176. The number of fused-ring (bicyclic) bond motifs is 1. The first-order chi connectivity index (χ1) is 15.5. The number of carbonyl (C=O) groups excluding carboxylic acids is 1. The van der Waals surface area contributed by atoms with Crippen molar-refractivity contribution in [3.8, 4) is 5.69 Å². The third-order valence-electron chi connectivity index (χ3n) is 6.33. The highest BCUT2D eigenvalue weighted by Gasteiger charge is 2.33. The standard InChI is InChI=1S/C25H26ClFN4O/c1-29(25(32)17-6-7-17)16-23-21-15-30(14-18-4-2-3-5-22(18)27)13-12-24(21)31(28-23)20-10-8-19(26)9-11-20/h2-5,8-11,17H,6-7,12-16H2,1H3. The van der Waals surface area contributed by atoms with E-state index < -0.39 is 0 Å². The van der Waals surface area contributed by atoms with E-state index in [9.17, 15) is 9.18 Å². The van der Waals surface area contributed by atoms with E-state index >= 15 is 0 Å². The Hall–Kier alpha value is -2.70. The molecule has 1 amide bonds. The molecule has 7 heteroatoms. The lowest BCUT2D eigenvalue weighted by Gasteiger charge is -2.28. The highest BCUT2D eigenvalue weighted by molar-refractivity contribution is 6.30. The second-order valence-electron chi connectivity index (χ2n) is 8.78. The van der Waals surface area contributed by atoms with Gasteiger partial charge in [-0.1, -0.05) is 29.8 Å². The van der Waals surface area contributed by atoms with Gasteiger partial charge in [0, 0.05) is 55.2 Å². The molecule has 0 saturated heterocycles. The normalized spacial score (nSPS) is 16.1. The fourth-order valence-corrected chi connectivity index (χ4v) is 4.54. The molecule has 1 aliphatic heterocycles. The summed E-state index contributed by atoms with van der Waals surface area (Å²) < 4.78 is 16.2. The maximum Gasteiger partial charge on any atom is 0.225 e. The zero-order chi connectivity index (χ0) is 22.2. The van der Waals surface area contributed by atoms with Crippen LogP contribution in [0.1, 0.15) is 35.4 Å². The van der Waals surface area contributed by atoms with Crippen LogP contribution in [0, 0.1) is 11.7 Å². The summed E-state index contributed by atoms with van der Waals surface area (Å²) in [7, 11) is 1.86. The first-order valence-corrected chi connectivity index (χ1v) is 11.4.